The van der Waals surface area contributed by atoms with Crippen molar-refractivity contribution < 1.29 is 19.8 Å². The minimum atomic E-state index is -2.62. The normalized spacial score (nSPS) is 10.1. The van der Waals surface area contributed by atoms with Crippen LogP contribution in [0.25, 0.3) is 22.3 Å². The molecule has 0 aliphatic rings. The first kappa shape index (κ1) is 17.1. The average Bonchev–Trinajstić information content (AvgIpc) is 2.56. The minimum absolute atomic E-state index is 0.313. The lowest BCUT2D eigenvalue weighted by molar-refractivity contribution is 0.368. The van der Waals surface area contributed by atoms with Gasteiger partial charge in [0.05, 0.1) is 0 Å². The molecule has 23 heavy (non-hydrogen) atoms. The zero-order chi connectivity index (χ0) is 16.7. The largest absolute Gasteiger partial charge is 0.507 e. The number of phenols is 1. The van der Waals surface area contributed by atoms with E-state index in [1.807, 2.05) is 60.7 Å². The van der Waals surface area contributed by atoms with Crippen LogP contribution in [0.5, 0.6) is 5.75 Å². The molecule has 0 saturated carbocycles. The van der Waals surface area contributed by atoms with Crippen molar-refractivity contribution in [3.8, 4) is 28.0 Å². The number of phenolic OH excluding ortho intramolecular Hbond substituents is 1. The van der Waals surface area contributed by atoms with Crippen LogP contribution in [0.3, 0.4) is 0 Å². The molecule has 0 aromatic heterocycles. The van der Waals surface area contributed by atoms with Gasteiger partial charge in [0.2, 0.25) is 0 Å². The molecule has 0 fully saturated rings. The highest BCUT2D eigenvalue weighted by Gasteiger charge is 2.10. The molecule has 0 radical (unpaired) electrons. The van der Waals surface area contributed by atoms with Gasteiger partial charge in [0, 0.05) is 5.56 Å². The Labute approximate surface area is 135 Å². The van der Waals surface area contributed by atoms with Crippen molar-refractivity contribution in [3.63, 3.8) is 0 Å². The van der Waals surface area contributed by atoms with Crippen molar-refractivity contribution in [1.82, 2.24) is 0 Å². The SMILES string of the molecule is OP(O)O.Oc1cccc(-c2ccccc2)c1-c1ccccc1. The molecule has 0 aliphatic carbocycles. The molecule has 0 atom stereocenters. The van der Waals surface area contributed by atoms with Crippen LogP contribution >= 0.6 is 8.60 Å². The molecule has 4 N–H and O–H groups in total. The molecule has 0 amide bonds. The summed E-state index contributed by atoms with van der Waals surface area (Å²) in [4.78, 5) is 21.7. The Morgan fingerprint density at radius 2 is 1.04 bits per heavy atom. The molecule has 3 aromatic rings. The quantitative estimate of drug-likeness (QED) is 0.538. The summed E-state index contributed by atoms with van der Waals surface area (Å²) in [5.41, 5.74) is 4.07. The Balaban J connectivity index is 0.000000433. The third kappa shape index (κ3) is 4.88. The standard InChI is InChI=1S/C18H14O.H3O3P/c19-17-13-7-12-16(14-8-3-1-4-9-14)18(17)15-10-5-2-6-11-15;1-4(2)3/h1-13,19H;1-3H. The fraction of sp³-hybridized carbons (Fsp3) is 0. The smallest absolute Gasteiger partial charge is 0.324 e. The van der Waals surface area contributed by atoms with E-state index in [4.69, 9.17) is 14.7 Å². The van der Waals surface area contributed by atoms with E-state index in [0.29, 0.717) is 5.75 Å². The van der Waals surface area contributed by atoms with Gasteiger partial charge in [-0.2, -0.15) is 0 Å². The van der Waals surface area contributed by atoms with Crippen LogP contribution in [0.15, 0.2) is 78.9 Å². The van der Waals surface area contributed by atoms with Gasteiger partial charge >= 0.3 is 8.60 Å². The summed E-state index contributed by atoms with van der Waals surface area (Å²) < 4.78 is 0. The number of aromatic hydroxyl groups is 1. The summed E-state index contributed by atoms with van der Waals surface area (Å²) in [6, 6.07) is 25.7. The predicted molar refractivity (Wildman–Crippen MR) is 92.6 cm³/mol. The van der Waals surface area contributed by atoms with E-state index in [0.717, 1.165) is 22.3 Å². The Kier molecular flexibility index (Phi) is 6.27. The zero-order valence-corrected chi connectivity index (χ0v) is 13.1. The van der Waals surface area contributed by atoms with Gasteiger partial charge < -0.3 is 19.8 Å². The summed E-state index contributed by atoms with van der Waals surface area (Å²) in [5, 5.41) is 10.2. The fourth-order valence-corrected chi connectivity index (χ4v) is 2.31. The van der Waals surface area contributed by atoms with Crippen LogP contribution in [0, 0.1) is 0 Å². The molecule has 3 rings (SSSR count). The first-order valence-corrected chi connectivity index (χ1v) is 8.09. The van der Waals surface area contributed by atoms with Crippen LogP contribution in [0.1, 0.15) is 0 Å². The van der Waals surface area contributed by atoms with E-state index in [1.165, 1.54) is 0 Å². The number of hydrogen-bond acceptors (Lipinski definition) is 4. The van der Waals surface area contributed by atoms with Crippen molar-refractivity contribution in [2.24, 2.45) is 0 Å². The van der Waals surface area contributed by atoms with Gasteiger partial charge in [-0.05, 0) is 22.8 Å². The average molecular weight is 328 g/mol. The van der Waals surface area contributed by atoms with Crippen molar-refractivity contribution in [2.45, 2.75) is 0 Å². The Hall–Kier alpha value is -2.23. The van der Waals surface area contributed by atoms with Crippen LogP contribution in [-0.2, 0) is 0 Å². The highest BCUT2D eigenvalue weighted by molar-refractivity contribution is 7.38. The van der Waals surface area contributed by atoms with Gasteiger partial charge in [-0.1, -0.05) is 72.8 Å². The number of benzene rings is 3. The van der Waals surface area contributed by atoms with Gasteiger partial charge in [0.15, 0.2) is 0 Å². The molecule has 0 bridgehead atoms. The van der Waals surface area contributed by atoms with Crippen molar-refractivity contribution >= 4 is 8.60 Å². The molecule has 118 valence electrons. The van der Waals surface area contributed by atoms with Gasteiger partial charge in [-0.3, -0.25) is 0 Å². The maximum absolute atomic E-state index is 10.2. The second-order valence-corrected chi connectivity index (χ2v) is 5.24. The molecule has 0 heterocycles. The molecular formula is C18H17O4P. The topological polar surface area (TPSA) is 80.9 Å². The Morgan fingerprint density at radius 1 is 0.565 bits per heavy atom. The van der Waals surface area contributed by atoms with Crippen LogP contribution in [0.2, 0.25) is 0 Å². The Bertz CT molecular complexity index is 728. The van der Waals surface area contributed by atoms with E-state index in [1.54, 1.807) is 6.07 Å². The van der Waals surface area contributed by atoms with Crippen LogP contribution in [0.4, 0.5) is 0 Å². The highest BCUT2D eigenvalue weighted by Crippen LogP contribution is 2.38. The zero-order valence-electron chi connectivity index (χ0n) is 12.2. The summed E-state index contributed by atoms with van der Waals surface area (Å²) in [6.07, 6.45) is 0. The van der Waals surface area contributed by atoms with E-state index in [9.17, 15) is 5.11 Å². The van der Waals surface area contributed by atoms with Crippen LogP contribution < -0.4 is 0 Å². The van der Waals surface area contributed by atoms with Gasteiger partial charge in [0.25, 0.3) is 0 Å². The second kappa shape index (κ2) is 8.42. The third-order valence-electron chi connectivity index (χ3n) is 3.19. The van der Waals surface area contributed by atoms with Crippen molar-refractivity contribution in [3.05, 3.63) is 78.9 Å². The number of rotatable bonds is 2. The summed E-state index contributed by atoms with van der Waals surface area (Å²) in [6.45, 7) is 0. The minimum Gasteiger partial charge on any atom is -0.507 e. The molecule has 3 aromatic carbocycles. The Morgan fingerprint density at radius 3 is 1.57 bits per heavy atom. The van der Waals surface area contributed by atoms with E-state index in [-0.39, 0.29) is 0 Å². The fourth-order valence-electron chi connectivity index (χ4n) is 2.31. The third-order valence-corrected chi connectivity index (χ3v) is 3.19. The van der Waals surface area contributed by atoms with Crippen LogP contribution in [-0.4, -0.2) is 19.8 Å². The first-order valence-electron chi connectivity index (χ1n) is 6.89. The van der Waals surface area contributed by atoms with Gasteiger partial charge in [-0.25, -0.2) is 0 Å². The highest BCUT2D eigenvalue weighted by atomic mass is 31.2. The van der Waals surface area contributed by atoms with E-state index < -0.39 is 8.60 Å². The second-order valence-electron chi connectivity index (χ2n) is 4.70. The molecular weight excluding hydrogens is 311 g/mol. The van der Waals surface area contributed by atoms with Crippen molar-refractivity contribution in [2.75, 3.05) is 0 Å². The summed E-state index contributed by atoms with van der Waals surface area (Å²) in [5.74, 6) is 0.313. The lowest BCUT2D eigenvalue weighted by Gasteiger charge is -2.12. The lowest BCUT2D eigenvalue weighted by atomic mass is 9.94. The van der Waals surface area contributed by atoms with Gasteiger partial charge in [-0.15, -0.1) is 0 Å². The molecule has 5 heteroatoms. The van der Waals surface area contributed by atoms with E-state index >= 15 is 0 Å². The molecule has 0 saturated heterocycles. The molecule has 4 nitrogen and oxygen atoms in total. The maximum Gasteiger partial charge on any atom is 0.324 e. The lowest BCUT2D eigenvalue weighted by Crippen LogP contribution is -1.85. The molecule has 0 spiro atoms. The predicted octanol–water partition coefficient (Wildman–Crippen LogP) is 3.92. The first-order chi connectivity index (χ1) is 11.1. The summed E-state index contributed by atoms with van der Waals surface area (Å²) >= 11 is 0. The molecule has 0 aliphatic heterocycles. The number of hydrogen-bond donors (Lipinski definition) is 4. The van der Waals surface area contributed by atoms with E-state index in [2.05, 4.69) is 12.1 Å². The van der Waals surface area contributed by atoms with Gasteiger partial charge in [0.1, 0.15) is 5.75 Å². The van der Waals surface area contributed by atoms with Crippen molar-refractivity contribution in [1.29, 1.82) is 0 Å². The molecule has 0 unspecified atom stereocenters. The monoisotopic (exact) mass is 328 g/mol. The summed E-state index contributed by atoms with van der Waals surface area (Å²) in [7, 11) is -2.62. The maximum atomic E-state index is 10.2.